The minimum Gasteiger partial charge on any atom is -0.361 e. The lowest BCUT2D eigenvalue weighted by Crippen LogP contribution is -2.10. The standard InChI is InChI=1S/C22H23N9/c1-14(2)31-13-26-19-20(24-12-18-27-16-7-3-4-8-17(16)28-18)29-22(30-21(19)31)25-11-15-6-5-9-23-10-15/h3-10,13-14H,11-12H2,1-2H3,(H,27,28)(H2,24,25,29,30). The molecule has 0 bridgehead atoms. The molecular formula is C22H23N9. The number of nitrogens with one attached hydrogen (secondary N) is 3. The maximum atomic E-state index is 4.72. The molecule has 0 fully saturated rings. The van der Waals surface area contributed by atoms with E-state index in [9.17, 15) is 0 Å². The molecule has 9 heteroatoms. The van der Waals surface area contributed by atoms with E-state index in [4.69, 9.17) is 4.98 Å². The van der Waals surface area contributed by atoms with E-state index < -0.39 is 0 Å². The predicted molar refractivity (Wildman–Crippen MR) is 121 cm³/mol. The van der Waals surface area contributed by atoms with Crippen LogP contribution in [0.25, 0.3) is 22.2 Å². The van der Waals surface area contributed by atoms with Crippen molar-refractivity contribution >= 4 is 34.0 Å². The summed E-state index contributed by atoms with van der Waals surface area (Å²) in [4.78, 5) is 26.1. The molecule has 9 nitrogen and oxygen atoms in total. The first-order valence-electron chi connectivity index (χ1n) is 10.2. The Morgan fingerprint density at radius 3 is 2.71 bits per heavy atom. The van der Waals surface area contributed by atoms with Gasteiger partial charge in [-0.1, -0.05) is 18.2 Å². The molecule has 0 spiro atoms. The van der Waals surface area contributed by atoms with E-state index in [1.54, 1.807) is 12.5 Å². The Bertz CT molecular complexity index is 1290. The molecule has 0 aliphatic heterocycles. The van der Waals surface area contributed by atoms with Crippen molar-refractivity contribution < 1.29 is 0 Å². The van der Waals surface area contributed by atoms with Gasteiger partial charge in [0.1, 0.15) is 5.82 Å². The molecule has 4 aromatic heterocycles. The maximum Gasteiger partial charge on any atom is 0.227 e. The number of H-pyrrole nitrogens is 1. The third-order valence-corrected chi connectivity index (χ3v) is 5.01. The van der Waals surface area contributed by atoms with Crippen molar-refractivity contribution in [1.29, 1.82) is 0 Å². The summed E-state index contributed by atoms with van der Waals surface area (Å²) in [5.41, 5.74) is 4.52. The summed E-state index contributed by atoms with van der Waals surface area (Å²) in [7, 11) is 0. The number of hydrogen-bond acceptors (Lipinski definition) is 7. The molecule has 4 heterocycles. The first kappa shape index (κ1) is 19.0. The van der Waals surface area contributed by atoms with Gasteiger partial charge in [-0.15, -0.1) is 0 Å². The minimum absolute atomic E-state index is 0.231. The van der Waals surface area contributed by atoms with Gasteiger partial charge in [0, 0.05) is 25.0 Å². The average molecular weight is 413 g/mol. The Balaban J connectivity index is 1.44. The zero-order valence-electron chi connectivity index (χ0n) is 17.4. The highest BCUT2D eigenvalue weighted by Gasteiger charge is 2.15. The van der Waals surface area contributed by atoms with Crippen LogP contribution in [0.3, 0.4) is 0 Å². The van der Waals surface area contributed by atoms with Gasteiger partial charge in [-0.2, -0.15) is 9.97 Å². The Hall–Kier alpha value is -4.01. The largest absolute Gasteiger partial charge is 0.361 e. The van der Waals surface area contributed by atoms with Gasteiger partial charge >= 0.3 is 0 Å². The number of benzene rings is 1. The lowest BCUT2D eigenvalue weighted by atomic mass is 10.3. The van der Waals surface area contributed by atoms with Crippen LogP contribution in [-0.4, -0.2) is 34.5 Å². The number of aromatic nitrogens is 7. The van der Waals surface area contributed by atoms with Crippen molar-refractivity contribution in [3.05, 3.63) is 66.5 Å². The Labute approximate surface area is 179 Å². The van der Waals surface area contributed by atoms with Gasteiger partial charge in [0.05, 0.1) is 23.9 Å². The molecule has 31 heavy (non-hydrogen) atoms. The number of aromatic amines is 1. The van der Waals surface area contributed by atoms with E-state index in [1.165, 1.54) is 0 Å². The highest BCUT2D eigenvalue weighted by molar-refractivity contribution is 5.84. The fourth-order valence-electron chi connectivity index (χ4n) is 3.44. The van der Waals surface area contributed by atoms with Crippen molar-refractivity contribution in [3.63, 3.8) is 0 Å². The second-order valence-corrected chi connectivity index (χ2v) is 7.58. The van der Waals surface area contributed by atoms with Crippen molar-refractivity contribution in [1.82, 2.24) is 34.5 Å². The predicted octanol–water partition coefficient (Wildman–Crippen LogP) is 3.90. The summed E-state index contributed by atoms with van der Waals surface area (Å²) < 4.78 is 2.04. The summed E-state index contributed by atoms with van der Waals surface area (Å²) in [6.07, 6.45) is 5.39. The van der Waals surface area contributed by atoms with Gasteiger partial charge in [-0.05, 0) is 37.6 Å². The summed E-state index contributed by atoms with van der Waals surface area (Å²) in [6.45, 7) is 5.29. The van der Waals surface area contributed by atoms with E-state index >= 15 is 0 Å². The number of pyridine rings is 1. The van der Waals surface area contributed by atoms with Crippen molar-refractivity contribution in [3.8, 4) is 0 Å². The molecule has 5 aromatic rings. The number of anilines is 2. The fraction of sp³-hybridized carbons (Fsp3) is 0.227. The topological polar surface area (TPSA) is 109 Å². The van der Waals surface area contributed by atoms with E-state index in [-0.39, 0.29) is 6.04 Å². The highest BCUT2D eigenvalue weighted by Crippen LogP contribution is 2.24. The molecule has 156 valence electrons. The Kier molecular flexibility index (Phi) is 4.91. The molecule has 0 atom stereocenters. The first-order chi connectivity index (χ1) is 15.2. The Morgan fingerprint density at radius 1 is 1.00 bits per heavy atom. The van der Waals surface area contributed by atoms with Crippen LogP contribution in [0, 0.1) is 0 Å². The number of imidazole rings is 2. The summed E-state index contributed by atoms with van der Waals surface area (Å²) in [6, 6.07) is 12.1. The second-order valence-electron chi connectivity index (χ2n) is 7.58. The van der Waals surface area contributed by atoms with Gasteiger partial charge in [-0.3, -0.25) is 4.98 Å². The monoisotopic (exact) mass is 413 g/mol. The van der Waals surface area contributed by atoms with E-state index in [1.807, 2.05) is 47.2 Å². The molecule has 0 saturated heterocycles. The van der Waals surface area contributed by atoms with Crippen molar-refractivity contribution in [2.24, 2.45) is 0 Å². The van der Waals surface area contributed by atoms with Crippen LogP contribution in [0.15, 0.2) is 55.1 Å². The van der Waals surface area contributed by atoms with Gasteiger partial charge < -0.3 is 20.2 Å². The molecule has 3 N–H and O–H groups in total. The quantitative estimate of drug-likeness (QED) is 0.371. The summed E-state index contributed by atoms with van der Waals surface area (Å²) >= 11 is 0. The molecule has 1 aromatic carbocycles. The smallest absolute Gasteiger partial charge is 0.227 e. The van der Waals surface area contributed by atoms with Crippen LogP contribution in [0.1, 0.15) is 31.3 Å². The molecule has 0 saturated carbocycles. The van der Waals surface area contributed by atoms with Crippen LogP contribution >= 0.6 is 0 Å². The van der Waals surface area contributed by atoms with Crippen LogP contribution in [0.4, 0.5) is 11.8 Å². The van der Waals surface area contributed by atoms with Gasteiger partial charge in [0.2, 0.25) is 5.95 Å². The second kappa shape index (κ2) is 8.02. The molecule has 5 rings (SSSR count). The fourth-order valence-corrected chi connectivity index (χ4v) is 3.44. The number of nitrogens with zero attached hydrogens (tertiary/aromatic N) is 6. The normalized spacial score (nSPS) is 11.5. The zero-order valence-corrected chi connectivity index (χ0v) is 17.4. The lowest BCUT2D eigenvalue weighted by Gasteiger charge is -2.11. The molecule has 0 amide bonds. The van der Waals surface area contributed by atoms with Crippen molar-refractivity contribution in [2.75, 3.05) is 10.6 Å². The van der Waals surface area contributed by atoms with Gasteiger partial charge in [-0.25, -0.2) is 9.97 Å². The van der Waals surface area contributed by atoms with Gasteiger partial charge in [0.15, 0.2) is 17.0 Å². The number of hydrogen-bond donors (Lipinski definition) is 3. The molecule has 0 unspecified atom stereocenters. The molecule has 0 radical (unpaired) electrons. The van der Waals surface area contributed by atoms with E-state index in [0.717, 1.165) is 33.6 Å². The van der Waals surface area contributed by atoms with Crippen LogP contribution < -0.4 is 10.6 Å². The molecule has 0 aliphatic rings. The third kappa shape index (κ3) is 3.89. The Morgan fingerprint density at radius 2 is 1.90 bits per heavy atom. The summed E-state index contributed by atoms with van der Waals surface area (Å²) in [5.74, 6) is 2.03. The van der Waals surface area contributed by atoms with Gasteiger partial charge in [0.25, 0.3) is 0 Å². The minimum atomic E-state index is 0.231. The SMILES string of the molecule is CC(C)n1cnc2c(NCc3nc4ccccc4[nH]3)nc(NCc3cccnc3)nc21. The molecular weight excluding hydrogens is 390 g/mol. The van der Waals surface area contributed by atoms with Crippen molar-refractivity contribution in [2.45, 2.75) is 33.0 Å². The van der Waals surface area contributed by atoms with Crippen LogP contribution in [-0.2, 0) is 13.1 Å². The van der Waals surface area contributed by atoms with Crippen LogP contribution in [0.2, 0.25) is 0 Å². The number of para-hydroxylation sites is 2. The zero-order chi connectivity index (χ0) is 21.2. The summed E-state index contributed by atoms with van der Waals surface area (Å²) in [5, 5.41) is 6.69. The third-order valence-electron chi connectivity index (χ3n) is 5.01. The van der Waals surface area contributed by atoms with E-state index in [2.05, 4.69) is 49.4 Å². The maximum absolute atomic E-state index is 4.72. The first-order valence-corrected chi connectivity index (χ1v) is 10.2. The lowest BCUT2D eigenvalue weighted by molar-refractivity contribution is 0.613. The average Bonchev–Trinajstić information content (AvgIpc) is 3.40. The number of rotatable bonds is 7. The van der Waals surface area contributed by atoms with E-state index in [0.29, 0.717) is 24.9 Å². The highest BCUT2D eigenvalue weighted by atomic mass is 15.2. The molecule has 0 aliphatic carbocycles. The number of fused-ring (bicyclic) bond motifs is 2. The van der Waals surface area contributed by atoms with Crippen LogP contribution in [0.5, 0.6) is 0 Å².